The van der Waals surface area contributed by atoms with Gasteiger partial charge in [0.15, 0.2) is 16.7 Å². The number of carbonyl (C=O) groups is 1. The van der Waals surface area contributed by atoms with E-state index in [1.807, 2.05) is 24.3 Å². The molecule has 1 aliphatic rings. The Hall–Kier alpha value is -3.86. The van der Waals surface area contributed by atoms with Crippen LogP contribution in [0.3, 0.4) is 0 Å². The summed E-state index contributed by atoms with van der Waals surface area (Å²) in [5.41, 5.74) is 1.25. The Morgan fingerprint density at radius 3 is 2.94 bits per heavy atom. The number of ether oxygens (including phenoxy) is 2. The predicted molar refractivity (Wildman–Crippen MR) is 113 cm³/mol. The summed E-state index contributed by atoms with van der Waals surface area (Å²) < 4.78 is 12.4. The Balaban J connectivity index is 1.45. The molecule has 2 N–H and O–H groups in total. The van der Waals surface area contributed by atoms with Crippen molar-refractivity contribution in [3.63, 3.8) is 0 Å². The average molecular weight is 436 g/mol. The van der Waals surface area contributed by atoms with Crippen molar-refractivity contribution in [1.29, 1.82) is 0 Å². The molecule has 2 aromatic heterocycles. The van der Waals surface area contributed by atoms with E-state index in [1.54, 1.807) is 22.8 Å². The number of benzene rings is 2. The van der Waals surface area contributed by atoms with Gasteiger partial charge >= 0.3 is 0 Å². The Morgan fingerprint density at radius 1 is 1.19 bits per heavy atom. The van der Waals surface area contributed by atoms with Gasteiger partial charge in [-0.2, -0.15) is 10.1 Å². The fraction of sp³-hybridized carbons (Fsp3) is 0.150. The molecule has 10 nitrogen and oxygen atoms in total. The largest absolute Gasteiger partial charge is 0.454 e. The Morgan fingerprint density at radius 2 is 2.06 bits per heavy atom. The highest BCUT2D eigenvalue weighted by Gasteiger charge is 2.17. The van der Waals surface area contributed by atoms with Crippen molar-refractivity contribution in [2.24, 2.45) is 0 Å². The quantitative estimate of drug-likeness (QED) is 0.348. The molecular weight excluding hydrogens is 420 g/mol. The van der Waals surface area contributed by atoms with Gasteiger partial charge in [-0.3, -0.25) is 19.5 Å². The minimum absolute atomic E-state index is 0.0482. The van der Waals surface area contributed by atoms with Gasteiger partial charge in [-0.1, -0.05) is 30.0 Å². The fourth-order valence-electron chi connectivity index (χ4n) is 3.18. The van der Waals surface area contributed by atoms with Crippen molar-refractivity contribution in [3.8, 4) is 11.5 Å². The van der Waals surface area contributed by atoms with E-state index in [4.69, 9.17) is 9.47 Å². The molecule has 0 spiro atoms. The molecule has 0 saturated carbocycles. The smallest absolute Gasteiger partial charge is 0.262 e. The number of rotatable bonds is 6. The third kappa shape index (κ3) is 3.94. The van der Waals surface area contributed by atoms with Crippen LogP contribution >= 0.6 is 11.8 Å². The number of para-hydroxylation sites is 1. The van der Waals surface area contributed by atoms with Crippen LogP contribution in [-0.2, 0) is 11.3 Å². The zero-order valence-electron chi connectivity index (χ0n) is 16.1. The van der Waals surface area contributed by atoms with Crippen molar-refractivity contribution < 1.29 is 14.3 Å². The maximum absolute atomic E-state index is 13.2. The summed E-state index contributed by atoms with van der Waals surface area (Å²) in [5, 5.41) is 9.82. The number of hydrogen-bond donors (Lipinski definition) is 2. The second kappa shape index (κ2) is 8.11. The van der Waals surface area contributed by atoms with Crippen LogP contribution in [-0.4, -0.2) is 43.2 Å². The number of aromatic amines is 1. The molecule has 0 radical (unpaired) electrons. The molecule has 156 valence electrons. The summed E-state index contributed by atoms with van der Waals surface area (Å²) in [6.07, 6.45) is 1.30. The third-order valence-electron chi connectivity index (χ3n) is 4.61. The minimum atomic E-state index is -0.293. The number of anilines is 1. The highest BCUT2D eigenvalue weighted by Crippen LogP contribution is 2.33. The highest BCUT2D eigenvalue weighted by molar-refractivity contribution is 7.99. The van der Waals surface area contributed by atoms with Gasteiger partial charge in [0.25, 0.3) is 5.56 Å². The van der Waals surface area contributed by atoms with Gasteiger partial charge in [0, 0.05) is 0 Å². The Bertz CT molecular complexity index is 1320. The van der Waals surface area contributed by atoms with Gasteiger partial charge in [0.1, 0.15) is 6.33 Å². The number of nitrogens with zero attached hydrogens (tertiary/aromatic N) is 4. The van der Waals surface area contributed by atoms with E-state index < -0.39 is 0 Å². The first-order valence-electron chi connectivity index (χ1n) is 9.33. The zero-order valence-corrected chi connectivity index (χ0v) is 16.9. The van der Waals surface area contributed by atoms with Crippen molar-refractivity contribution in [1.82, 2.24) is 24.7 Å². The molecule has 1 amide bonds. The van der Waals surface area contributed by atoms with Crippen molar-refractivity contribution in [2.45, 2.75) is 11.7 Å². The molecular formula is C20H16N6O4S. The Kier molecular flexibility index (Phi) is 5.00. The van der Waals surface area contributed by atoms with Gasteiger partial charge < -0.3 is 9.47 Å². The van der Waals surface area contributed by atoms with Crippen LogP contribution in [0.4, 0.5) is 5.95 Å². The van der Waals surface area contributed by atoms with Crippen molar-refractivity contribution in [2.75, 3.05) is 17.9 Å². The lowest BCUT2D eigenvalue weighted by Crippen LogP contribution is -2.25. The van der Waals surface area contributed by atoms with Gasteiger partial charge in [-0.25, -0.2) is 10.1 Å². The monoisotopic (exact) mass is 436 g/mol. The topological polar surface area (TPSA) is 124 Å². The lowest BCUT2D eigenvalue weighted by molar-refractivity contribution is -0.113. The lowest BCUT2D eigenvalue weighted by Gasteiger charge is -2.13. The maximum atomic E-state index is 13.2. The van der Waals surface area contributed by atoms with E-state index in [9.17, 15) is 9.59 Å². The number of carbonyl (C=O) groups excluding carboxylic acids is 1. The average Bonchev–Trinajstić information content (AvgIpc) is 3.46. The number of amides is 1. The molecule has 31 heavy (non-hydrogen) atoms. The predicted octanol–water partition coefficient (Wildman–Crippen LogP) is 2.02. The van der Waals surface area contributed by atoms with Crippen LogP contribution in [0, 0.1) is 0 Å². The first kappa shape index (κ1) is 19.1. The summed E-state index contributed by atoms with van der Waals surface area (Å²) in [5.74, 6) is 1.33. The molecule has 4 aromatic rings. The molecule has 0 bridgehead atoms. The van der Waals surface area contributed by atoms with E-state index in [0.717, 1.165) is 5.56 Å². The van der Waals surface area contributed by atoms with E-state index in [2.05, 4.69) is 25.5 Å². The van der Waals surface area contributed by atoms with Crippen LogP contribution in [0.15, 0.2) is 58.7 Å². The first-order valence-corrected chi connectivity index (χ1v) is 10.3. The van der Waals surface area contributed by atoms with Crippen molar-refractivity contribution in [3.05, 3.63) is 64.7 Å². The molecule has 5 rings (SSSR count). The molecule has 3 heterocycles. The van der Waals surface area contributed by atoms with Crippen LogP contribution in [0.25, 0.3) is 10.9 Å². The highest BCUT2D eigenvalue weighted by atomic mass is 32.2. The second-order valence-electron chi connectivity index (χ2n) is 6.66. The summed E-state index contributed by atoms with van der Waals surface area (Å²) in [6, 6.07) is 12.7. The number of hydrogen-bond acceptors (Lipinski definition) is 8. The van der Waals surface area contributed by atoms with Crippen LogP contribution in [0.5, 0.6) is 11.5 Å². The molecule has 0 saturated heterocycles. The summed E-state index contributed by atoms with van der Waals surface area (Å²) in [6.45, 7) is 0.455. The molecule has 11 heteroatoms. The number of thioether (sulfide) groups is 1. The molecule has 1 aliphatic heterocycles. The number of H-pyrrole nitrogens is 1. The van der Waals surface area contributed by atoms with Crippen LogP contribution in [0.2, 0.25) is 0 Å². The third-order valence-corrected chi connectivity index (χ3v) is 5.59. The van der Waals surface area contributed by atoms with Gasteiger partial charge in [0.2, 0.25) is 18.6 Å². The SMILES string of the molecule is O=C(CSc1nc2ccccc2c(=O)n1Cc1ccc2c(c1)OCO2)Nc1ncn[nH]1. The van der Waals surface area contributed by atoms with Gasteiger partial charge in [0.05, 0.1) is 23.2 Å². The standard InChI is InChI=1S/C20H16N6O4S/c27-17(24-19-21-10-22-25-19)9-31-20-23-14-4-2-1-3-13(14)18(28)26(20)8-12-5-6-15-16(7-12)30-11-29-15/h1-7,10H,8-9,11H2,(H2,21,22,24,25,27). The van der Waals surface area contributed by atoms with E-state index >= 15 is 0 Å². The van der Waals surface area contributed by atoms with Gasteiger partial charge in [-0.05, 0) is 29.8 Å². The molecule has 0 aliphatic carbocycles. The number of nitrogens with one attached hydrogen (secondary N) is 2. The Labute approximate surface area is 179 Å². The summed E-state index contributed by atoms with van der Waals surface area (Å²) >= 11 is 1.17. The zero-order chi connectivity index (χ0) is 21.2. The number of aromatic nitrogens is 5. The normalized spacial score (nSPS) is 12.3. The van der Waals surface area contributed by atoms with E-state index in [1.165, 1.54) is 18.1 Å². The lowest BCUT2D eigenvalue weighted by atomic mass is 10.2. The van der Waals surface area contributed by atoms with Crippen LogP contribution < -0.4 is 20.3 Å². The first-order chi connectivity index (χ1) is 15.2. The van der Waals surface area contributed by atoms with E-state index in [-0.39, 0.29) is 36.5 Å². The molecule has 2 aromatic carbocycles. The van der Waals surface area contributed by atoms with Gasteiger partial charge in [-0.15, -0.1) is 0 Å². The summed E-state index contributed by atoms with van der Waals surface area (Å²) in [4.78, 5) is 34.0. The molecule has 0 fully saturated rings. The fourth-order valence-corrected chi connectivity index (χ4v) is 3.98. The summed E-state index contributed by atoms with van der Waals surface area (Å²) in [7, 11) is 0. The molecule has 0 unspecified atom stereocenters. The second-order valence-corrected chi connectivity index (χ2v) is 7.60. The van der Waals surface area contributed by atoms with E-state index in [0.29, 0.717) is 27.6 Å². The number of fused-ring (bicyclic) bond motifs is 2. The van der Waals surface area contributed by atoms with Crippen LogP contribution in [0.1, 0.15) is 5.56 Å². The van der Waals surface area contributed by atoms with Crippen molar-refractivity contribution >= 4 is 34.5 Å². The molecule has 0 atom stereocenters. The minimum Gasteiger partial charge on any atom is -0.454 e. The maximum Gasteiger partial charge on any atom is 0.262 e.